The Morgan fingerprint density at radius 2 is 2.10 bits per heavy atom. The molecule has 5 heteroatoms. The van der Waals surface area contributed by atoms with Crippen LogP contribution in [-0.2, 0) is 16.0 Å². The van der Waals surface area contributed by atoms with Crippen molar-refractivity contribution in [1.82, 2.24) is 5.32 Å². The Balaban J connectivity index is 1.89. The number of hydrogen-bond acceptors (Lipinski definition) is 3. The molecule has 1 heterocycles. The fraction of sp³-hybridized carbons (Fsp3) is 0.312. The van der Waals surface area contributed by atoms with Gasteiger partial charge in [0, 0.05) is 28.4 Å². The van der Waals surface area contributed by atoms with E-state index in [0.29, 0.717) is 11.6 Å². The molecule has 0 bridgehead atoms. The highest BCUT2D eigenvalue weighted by atomic mass is 35.5. The number of carbonyl (C=O) groups is 1. The third-order valence-electron chi connectivity index (χ3n) is 3.16. The summed E-state index contributed by atoms with van der Waals surface area (Å²) < 4.78 is 5.44. The molecule has 0 fully saturated rings. The van der Waals surface area contributed by atoms with Gasteiger partial charge in [-0.15, -0.1) is 11.3 Å². The monoisotopic (exact) mass is 323 g/mol. The number of carbonyl (C=O) groups excluding carboxylic acids is 1. The molecule has 0 aliphatic carbocycles. The average molecular weight is 324 g/mol. The van der Waals surface area contributed by atoms with Crippen molar-refractivity contribution in [2.24, 2.45) is 0 Å². The molecule has 1 unspecified atom stereocenters. The molecule has 21 heavy (non-hydrogen) atoms. The van der Waals surface area contributed by atoms with Crippen LogP contribution < -0.4 is 5.32 Å². The summed E-state index contributed by atoms with van der Waals surface area (Å²) >= 11 is 7.74. The van der Waals surface area contributed by atoms with E-state index in [1.165, 1.54) is 4.88 Å². The van der Waals surface area contributed by atoms with Crippen LogP contribution in [0.4, 0.5) is 0 Å². The number of methoxy groups -OCH3 is 1. The van der Waals surface area contributed by atoms with Crippen LogP contribution >= 0.6 is 22.9 Å². The maximum atomic E-state index is 12.0. The predicted molar refractivity (Wildman–Crippen MR) is 87.0 cm³/mol. The Kier molecular flexibility index (Phi) is 5.79. The van der Waals surface area contributed by atoms with Crippen molar-refractivity contribution >= 4 is 28.8 Å². The Labute approximate surface area is 133 Å². The topological polar surface area (TPSA) is 38.3 Å². The predicted octanol–water partition coefficient (Wildman–Crippen LogP) is 3.76. The maximum Gasteiger partial charge on any atom is 0.224 e. The standard InChI is InChI=1S/C16H18ClNO2S/c1-11-7-8-15(21-11)14(20-2)10-18-16(19)9-12-5-3-4-6-13(12)17/h3-8,14H,9-10H2,1-2H3,(H,18,19). The molecule has 2 rings (SSSR count). The molecule has 112 valence electrons. The Hall–Kier alpha value is -1.36. The molecule has 1 N–H and O–H groups in total. The van der Waals surface area contributed by atoms with Gasteiger partial charge in [0.25, 0.3) is 0 Å². The van der Waals surface area contributed by atoms with Gasteiger partial charge in [-0.2, -0.15) is 0 Å². The zero-order valence-electron chi connectivity index (χ0n) is 12.1. The van der Waals surface area contributed by atoms with Crippen molar-refractivity contribution in [3.05, 3.63) is 56.7 Å². The molecule has 0 saturated carbocycles. The van der Waals surface area contributed by atoms with Gasteiger partial charge in [-0.25, -0.2) is 0 Å². The average Bonchev–Trinajstić information content (AvgIpc) is 2.89. The first-order valence-corrected chi connectivity index (χ1v) is 7.89. The molecular formula is C16H18ClNO2S. The van der Waals surface area contributed by atoms with Crippen LogP contribution in [0.15, 0.2) is 36.4 Å². The minimum Gasteiger partial charge on any atom is -0.374 e. The molecule has 0 aliphatic heterocycles. The smallest absolute Gasteiger partial charge is 0.224 e. The molecule has 0 saturated heterocycles. The summed E-state index contributed by atoms with van der Waals surface area (Å²) in [5.74, 6) is -0.0570. The van der Waals surface area contributed by atoms with Crippen LogP contribution in [0.2, 0.25) is 5.02 Å². The third kappa shape index (κ3) is 4.56. The zero-order valence-corrected chi connectivity index (χ0v) is 13.6. The van der Waals surface area contributed by atoms with Crippen LogP contribution in [0.25, 0.3) is 0 Å². The molecule has 1 amide bonds. The van der Waals surface area contributed by atoms with E-state index >= 15 is 0 Å². The molecule has 1 aromatic heterocycles. The molecule has 0 aliphatic rings. The Morgan fingerprint density at radius 3 is 2.71 bits per heavy atom. The van der Waals surface area contributed by atoms with Gasteiger partial charge in [0.1, 0.15) is 6.10 Å². The van der Waals surface area contributed by atoms with Gasteiger partial charge < -0.3 is 10.1 Å². The fourth-order valence-corrected chi connectivity index (χ4v) is 3.17. The van der Waals surface area contributed by atoms with Crippen LogP contribution in [0.5, 0.6) is 0 Å². The van der Waals surface area contributed by atoms with Crippen molar-refractivity contribution < 1.29 is 9.53 Å². The summed E-state index contributed by atoms with van der Waals surface area (Å²) in [6.07, 6.45) is 0.165. The van der Waals surface area contributed by atoms with Gasteiger partial charge >= 0.3 is 0 Å². The lowest BCUT2D eigenvalue weighted by Gasteiger charge is -2.15. The van der Waals surface area contributed by atoms with E-state index in [9.17, 15) is 4.79 Å². The first-order valence-electron chi connectivity index (χ1n) is 6.69. The molecule has 1 atom stereocenters. The summed E-state index contributed by atoms with van der Waals surface area (Å²) in [6.45, 7) is 2.51. The second-order valence-corrected chi connectivity index (χ2v) is 6.47. The molecule has 3 nitrogen and oxygen atoms in total. The summed E-state index contributed by atoms with van der Waals surface area (Å²) in [7, 11) is 1.65. The number of thiophene rings is 1. The Bertz CT molecular complexity index is 612. The van der Waals surface area contributed by atoms with Crippen molar-refractivity contribution in [3.8, 4) is 0 Å². The third-order valence-corrected chi connectivity index (χ3v) is 4.62. The van der Waals surface area contributed by atoms with Crippen LogP contribution in [0.3, 0.4) is 0 Å². The van der Waals surface area contributed by atoms with Gasteiger partial charge in [0.05, 0.1) is 6.42 Å². The van der Waals surface area contributed by atoms with E-state index in [1.807, 2.05) is 24.3 Å². The van der Waals surface area contributed by atoms with E-state index in [0.717, 1.165) is 10.4 Å². The number of halogens is 1. The number of hydrogen-bond donors (Lipinski definition) is 1. The first kappa shape index (κ1) is 16.0. The van der Waals surface area contributed by atoms with Crippen molar-refractivity contribution in [3.63, 3.8) is 0 Å². The lowest BCUT2D eigenvalue weighted by atomic mass is 10.1. The minimum absolute atomic E-state index is 0.0570. The van der Waals surface area contributed by atoms with Gasteiger partial charge in [0.15, 0.2) is 0 Å². The number of nitrogens with one attached hydrogen (secondary N) is 1. The number of rotatable bonds is 6. The minimum atomic E-state index is -0.112. The van der Waals surface area contributed by atoms with E-state index in [1.54, 1.807) is 24.5 Å². The van der Waals surface area contributed by atoms with Crippen molar-refractivity contribution in [2.45, 2.75) is 19.4 Å². The highest BCUT2D eigenvalue weighted by Crippen LogP contribution is 2.24. The first-order chi connectivity index (χ1) is 10.1. The van der Waals surface area contributed by atoms with Gasteiger partial charge in [-0.1, -0.05) is 29.8 Å². The number of aryl methyl sites for hydroxylation is 1. The van der Waals surface area contributed by atoms with E-state index < -0.39 is 0 Å². The second kappa shape index (κ2) is 7.59. The van der Waals surface area contributed by atoms with E-state index in [-0.39, 0.29) is 18.4 Å². The van der Waals surface area contributed by atoms with Gasteiger partial charge in [-0.3, -0.25) is 4.79 Å². The Morgan fingerprint density at radius 1 is 1.33 bits per heavy atom. The van der Waals surface area contributed by atoms with Crippen LogP contribution in [0, 0.1) is 6.92 Å². The highest BCUT2D eigenvalue weighted by Gasteiger charge is 2.14. The molecular weight excluding hydrogens is 306 g/mol. The second-order valence-electron chi connectivity index (χ2n) is 4.75. The molecule has 2 aromatic rings. The van der Waals surface area contributed by atoms with Crippen molar-refractivity contribution in [1.29, 1.82) is 0 Å². The van der Waals surface area contributed by atoms with Crippen LogP contribution in [-0.4, -0.2) is 19.6 Å². The largest absolute Gasteiger partial charge is 0.374 e. The van der Waals surface area contributed by atoms with Gasteiger partial charge in [0.2, 0.25) is 5.91 Å². The lowest BCUT2D eigenvalue weighted by molar-refractivity contribution is -0.121. The number of ether oxygens (including phenoxy) is 1. The lowest BCUT2D eigenvalue weighted by Crippen LogP contribution is -2.30. The summed E-state index contributed by atoms with van der Waals surface area (Å²) in [4.78, 5) is 14.3. The summed E-state index contributed by atoms with van der Waals surface area (Å²) in [5.41, 5.74) is 0.831. The molecule has 1 aromatic carbocycles. The number of benzene rings is 1. The summed E-state index contributed by atoms with van der Waals surface area (Å²) in [5, 5.41) is 3.52. The SMILES string of the molecule is COC(CNC(=O)Cc1ccccc1Cl)c1ccc(C)s1. The summed E-state index contributed by atoms with van der Waals surface area (Å²) in [6, 6.07) is 11.5. The molecule has 0 spiro atoms. The van der Waals surface area contributed by atoms with Crippen molar-refractivity contribution in [2.75, 3.05) is 13.7 Å². The van der Waals surface area contributed by atoms with E-state index in [4.69, 9.17) is 16.3 Å². The molecule has 0 radical (unpaired) electrons. The quantitative estimate of drug-likeness (QED) is 0.879. The normalized spacial score (nSPS) is 12.1. The fourth-order valence-electron chi connectivity index (χ4n) is 2.01. The van der Waals surface area contributed by atoms with Crippen LogP contribution in [0.1, 0.15) is 21.4 Å². The maximum absolute atomic E-state index is 12.0. The number of amides is 1. The van der Waals surface area contributed by atoms with E-state index in [2.05, 4.69) is 18.3 Å². The zero-order chi connectivity index (χ0) is 15.2. The highest BCUT2D eigenvalue weighted by molar-refractivity contribution is 7.12. The van der Waals surface area contributed by atoms with Gasteiger partial charge in [-0.05, 0) is 30.7 Å².